The highest BCUT2D eigenvalue weighted by atomic mass is 16.5. The summed E-state index contributed by atoms with van der Waals surface area (Å²) in [6, 6.07) is 0. The minimum Gasteiger partial charge on any atom is -0.383 e. The Labute approximate surface area is 141 Å². The van der Waals surface area contributed by atoms with E-state index in [1.54, 1.807) is 12.0 Å². The van der Waals surface area contributed by atoms with Crippen molar-refractivity contribution >= 4 is 11.8 Å². The Kier molecular flexibility index (Phi) is 4.86. The van der Waals surface area contributed by atoms with Crippen LogP contribution >= 0.6 is 0 Å². The Balaban J connectivity index is 1.94. The first-order valence-electron chi connectivity index (χ1n) is 8.31. The maximum absolute atomic E-state index is 12.9. The van der Waals surface area contributed by atoms with Crippen molar-refractivity contribution in [3.05, 3.63) is 17.0 Å². The van der Waals surface area contributed by atoms with Gasteiger partial charge in [-0.05, 0) is 13.8 Å². The number of nitrogens with one attached hydrogen (secondary N) is 1. The fourth-order valence-corrected chi connectivity index (χ4v) is 3.40. The van der Waals surface area contributed by atoms with Gasteiger partial charge in [-0.15, -0.1) is 0 Å². The second-order valence-electron chi connectivity index (χ2n) is 6.30. The molecule has 3 rings (SSSR count). The molecule has 0 saturated carbocycles. The molecule has 8 heteroatoms. The van der Waals surface area contributed by atoms with E-state index in [-0.39, 0.29) is 30.6 Å². The van der Waals surface area contributed by atoms with Crippen LogP contribution in [-0.4, -0.2) is 65.9 Å². The summed E-state index contributed by atoms with van der Waals surface area (Å²) in [4.78, 5) is 26.1. The van der Waals surface area contributed by atoms with Gasteiger partial charge in [0.05, 0.1) is 37.6 Å². The standard InChI is InChI=1S/C16H24N4O4/c1-10-8-12-14(16(22)19-5-4-17-13(21)9-19)18-20(6-7-23-3)15(12)11(2)24-10/h10-11H,4-9H2,1-3H3,(H,17,21)/t10-,11+/m1/s1. The molecule has 0 bridgehead atoms. The van der Waals surface area contributed by atoms with E-state index in [4.69, 9.17) is 9.47 Å². The van der Waals surface area contributed by atoms with Crippen LogP contribution in [-0.2, 0) is 27.2 Å². The second-order valence-corrected chi connectivity index (χ2v) is 6.30. The van der Waals surface area contributed by atoms with Crippen LogP contribution in [0.3, 0.4) is 0 Å². The van der Waals surface area contributed by atoms with Gasteiger partial charge in [-0.2, -0.15) is 5.10 Å². The van der Waals surface area contributed by atoms with Crippen molar-refractivity contribution in [2.75, 3.05) is 33.4 Å². The molecule has 24 heavy (non-hydrogen) atoms. The van der Waals surface area contributed by atoms with Gasteiger partial charge >= 0.3 is 0 Å². The first kappa shape index (κ1) is 16.9. The third-order valence-corrected chi connectivity index (χ3v) is 4.44. The van der Waals surface area contributed by atoms with E-state index in [0.717, 1.165) is 11.3 Å². The molecule has 0 aromatic carbocycles. The number of nitrogens with zero attached hydrogens (tertiary/aromatic N) is 3. The summed E-state index contributed by atoms with van der Waals surface area (Å²) in [5.41, 5.74) is 2.32. The van der Waals surface area contributed by atoms with E-state index in [0.29, 0.717) is 38.4 Å². The molecular weight excluding hydrogens is 312 g/mol. The number of aromatic nitrogens is 2. The number of ether oxygens (including phenoxy) is 2. The van der Waals surface area contributed by atoms with Crippen molar-refractivity contribution in [3.63, 3.8) is 0 Å². The highest BCUT2D eigenvalue weighted by Gasteiger charge is 2.34. The third-order valence-electron chi connectivity index (χ3n) is 4.44. The molecule has 8 nitrogen and oxygen atoms in total. The number of rotatable bonds is 4. The molecule has 2 aliphatic heterocycles. The fourth-order valence-electron chi connectivity index (χ4n) is 3.40. The van der Waals surface area contributed by atoms with E-state index in [1.165, 1.54) is 0 Å². The summed E-state index contributed by atoms with van der Waals surface area (Å²) in [7, 11) is 1.64. The van der Waals surface area contributed by atoms with Crippen LogP contribution in [0.15, 0.2) is 0 Å². The van der Waals surface area contributed by atoms with Crippen molar-refractivity contribution in [2.45, 2.75) is 39.0 Å². The van der Waals surface area contributed by atoms with Gasteiger partial charge in [0, 0.05) is 32.2 Å². The summed E-state index contributed by atoms with van der Waals surface area (Å²) in [6.07, 6.45) is 0.552. The zero-order chi connectivity index (χ0) is 17.3. The van der Waals surface area contributed by atoms with E-state index in [2.05, 4.69) is 10.4 Å². The monoisotopic (exact) mass is 336 g/mol. The minimum absolute atomic E-state index is 0.0313. The van der Waals surface area contributed by atoms with Crippen LogP contribution in [0.5, 0.6) is 0 Å². The minimum atomic E-state index is -0.182. The summed E-state index contributed by atoms with van der Waals surface area (Å²) >= 11 is 0. The van der Waals surface area contributed by atoms with Gasteiger partial charge in [0.25, 0.3) is 5.91 Å². The van der Waals surface area contributed by atoms with Crippen molar-refractivity contribution in [1.29, 1.82) is 0 Å². The van der Waals surface area contributed by atoms with Gasteiger partial charge in [-0.3, -0.25) is 14.3 Å². The number of carbonyl (C=O) groups is 2. The van der Waals surface area contributed by atoms with Crippen LogP contribution < -0.4 is 5.32 Å². The molecule has 0 aliphatic carbocycles. The lowest BCUT2D eigenvalue weighted by atomic mass is 9.99. The molecule has 1 aromatic rings. The molecule has 1 fully saturated rings. The Morgan fingerprint density at radius 3 is 2.96 bits per heavy atom. The molecular formula is C16H24N4O4. The molecule has 0 unspecified atom stereocenters. The predicted molar refractivity (Wildman–Crippen MR) is 85.7 cm³/mol. The van der Waals surface area contributed by atoms with Crippen molar-refractivity contribution in [3.8, 4) is 0 Å². The SMILES string of the molecule is COCCn1nc(C(=O)N2CCNC(=O)C2)c2c1[C@H](C)O[C@H](C)C2. The van der Waals surface area contributed by atoms with Crippen LogP contribution in [0.2, 0.25) is 0 Å². The molecule has 2 aliphatic rings. The van der Waals surface area contributed by atoms with Crippen LogP contribution in [0.4, 0.5) is 0 Å². The highest BCUT2D eigenvalue weighted by molar-refractivity contribution is 5.97. The molecule has 1 saturated heterocycles. The number of carbonyl (C=O) groups excluding carboxylic acids is 2. The Bertz CT molecular complexity index is 642. The number of hydrogen-bond acceptors (Lipinski definition) is 5. The zero-order valence-electron chi connectivity index (χ0n) is 14.4. The largest absolute Gasteiger partial charge is 0.383 e. The molecule has 3 heterocycles. The summed E-state index contributed by atoms with van der Waals surface area (Å²) < 4.78 is 12.9. The average molecular weight is 336 g/mol. The first-order chi connectivity index (χ1) is 11.5. The van der Waals surface area contributed by atoms with E-state index < -0.39 is 0 Å². The van der Waals surface area contributed by atoms with Gasteiger partial charge in [-0.1, -0.05) is 0 Å². The average Bonchev–Trinajstić information content (AvgIpc) is 2.91. The lowest BCUT2D eigenvalue weighted by Crippen LogP contribution is -2.50. The third kappa shape index (κ3) is 3.16. The molecule has 2 atom stereocenters. The van der Waals surface area contributed by atoms with E-state index in [1.807, 2.05) is 18.5 Å². The van der Waals surface area contributed by atoms with Gasteiger partial charge in [0.1, 0.15) is 0 Å². The summed E-state index contributed by atoms with van der Waals surface area (Å²) in [5.74, 6) is -0.314. The number of fused-ring (bicyclic) bond motifs is 1. The Morgan fingerprint density at radius 1 is 1.46 bits per heavy atom. The Morgan fingerprint density at radius 2 is 2.25 bits per heavy atom. The van der Waals surface area contributed by atoms with Gasteiger partial charge < -0.3 is 19.7 Å². The zero-order valence-corrected chi connectivity index (χ0v) is 14.4. The molecule has 0 spiro atoms. The molecule has 0 radical (unpaired) electrons. The van der Waals surface area contributed by atoms with E-state index >= 15 is 0 Å². The molecule has 1 aromatic heterocycles. The van der Waals surface area contributed by atoms with E-state index in [9.17, 15) is 9.59 Å². The smallest absolute Gasteiger partial charge is 0.275 e. The van der Waals surface area contributed by atoms with Crippen molar-refractivity contribution in [2.24, 2.45) is 0 Å². The Hall–Kier alpha value is -1.93. The first-order valence-corrected chi connectivity index (χ1v) is 8.31. The number of piperazine rings is 1. The van der Waals surface area contributed by atoms with Crippen LogP contribution in [0.25, 0.3) is 0 Å². The normalized spacial score (nSPS) is 23.8. The number of amides is 2. The highest BCUT2D eigenvalue weighted by Crippen LogP contribution is 2.32. The molecule has 2 amide bonds. The number of hydrogen-bond donors (Lipinski definition) is 1. The summed E-state index contributed by atoms with van der Waals surface area (Å²) in [6.45, 7) is 6.11. The van der Waals surface area contributed by atoms with Gasteiger partial charge in [0.2, 0.25) is 5.91 Å². The topological polar surface area (TPSA) is 85.7 Å². The van der Waals surface area contributed by atoms with Crippen LogP contribution in [0, 0.1) is 0 Å². The quantitative estimate of drug-likeness (QED) is 0.844. The lowest BCUT2D eigenvalue weighted by Gasteiger charge is -2.28. The van der Waals surface area contributed by atoms with Crippen molar-refractivity contribution in [1.82, 2.24) is 20.0 Å². The van der Waals surface area contributed by atoms with Gasteiger partial charge in [0.15, 0.2) is 5.69 Å². The number of methoxy groups -OCH3 is 1. The fraction of sp³-hybridized carbons (Fsp3) is 0.688. The van der Waals surface area contributed by atoms with Crippen molar-refractivity contribution < 1.29 is 19.1 Å². The predicted octanol–water partition coefficient (Wildman–Crippen LogP) is 0.124. The maximum atomic E-state index is 12.9. The molecule has 132 valence electrons. The lowest BCUT2D eigenvalue weighted by molar-refractivity contribution is -0.123. The maximum Gasteiger partial charge on any atom is 0.275 e. The molecule has 1 N–H and O–H groups in total. The summed E-state index contributed by atoms with van der Waals surface area (Å²) in [5, 5.41) is 7.28. The van der Waals surface area contributed by atoms with Gasteiger partial charge in [-0.25, -0.2) is 0 Å². The second kappa shape index (κ2) is 6.90. The van der Waals surface area contributed by atoms with Crippen LogP contribution in [0.1, 0.15) is 41.7 Å².